The van der Waals surface area contributed by atoms with Crippen molar-refractivity contribution in [2.45, 2.75) is 0 Å². The number of ether oxygens (including phenoxy) is 1. The summed E-state index contributed by atoms with van der Waals surface area (Å²) in [7, 11) is 1.57. The molecule has 3 aromatic rings. The molecule has 2 aromatic carbocycles. The van der Waals surface area contributed by atoms with Gasteiger partial charge in [-0.2, -0.15) is 14.9 Å². The van der Waals surface area contributed by atoms with E-state index in [1.54, 1.807) is 37.4 Å². The molecular formula is C18H14Cl2N4O2. The van der Waals surface area contributed by atoms with Crippen LogP contribution in [-0.4, -0.2) is 23.1 Å². The molecule has 0 saturated heterocycles. The quantitative estimate of drug-likeness (QED) is 0.529. The summed E-state index contributed by atoms with van der Waals surface area (Å²) in [5.41, 5.74) is 3.85. The van der Waals surface area contributed by atoms with Crippen molar-refractivity contribution in [3.63, 3.8) is 0 Å². The third kappa shape index (κ3) is 3.87. The summed E-state index contributed by atoms with van der Waals surface area (Å²) < 4.78 is 6.30. The Hall–Kier alpha value is -2.83. The second-order valence-electron chi connectivity index (χ2n) is 5.18. The zero-order valence-electron chi connectivity index (χ0n) is 13.7. The molecule has 0 aliphatic rings. The predicted octanol–water partition coefficient (Wildman–Crippen LogP) is 3.99. The van der Waals surface area contributed by atoms with Gasteiger partial charge in [-0.1, -0.05) is 41.4 Å². The molecule has 0 unspecified atom stereocenters. The van der Waals surface area contributed by atoms with Crippen LogP contribution in [0.5, 0.6) is 5.75 Å². The Morgan fingerprint density at radius 1 is 1.15 bits per heavy atom. The van der Waals surface area contributed by atoms with Gasteiger partial charge in [-0.3, -0.25) is 10.2 Å². The summed E-state index contributed by atoms with van der Waals surface area (Å²) in [5.74, 6) is 0.681. The molecule has 0 bridgehead atoms. The van der Waals surface area contributed by atoms with Gasteiger partial charge in [0.15, 0.2) is 0 Å². The Morgan fingerprint density at radius 3 is 2.58 bits per heavy atom. The number of halogens is 2. The fourth-order valence-corrected chi connectivity index (χ4v) is 2.52. The van der Waals surface area contributed by atoms with E-state index >= 15 is 0 Å². The zero-order valence-corrected chi connectivity index (χ0v) is 15.2. The fraction of sp³-hybridized carbons (Fsp3) is 0.0556. The maximum absolute atomic E-state index is 12.5. The normalized spacial score (nSPS) is 10.9. The molecule has 132 valence electrons. The van der Waals surface area contributed by atoms with Crippen LogP contribution < -0.4 is 15.7 Å². The van der Waals surface area contributed by atoms with Gasteiger partial charge in [0.1, 0.15) is 16.5 Å². The number of benzene rings is 2. The van der Waals surface area contributed by atoms with Gasteiger partial charge in [0.25, 0.3) is 5.56 Å². The van der Waals surface area contributed by atoms with E-state index in [2.05, 4.69) is 15.6 Å². The van der Waals surface area contributed by atoms with Gasteiger partial charge >= 0.3 is 0 Å². The molecule has 1 aromatic heterocycles. The number of aromatic nitrogens is 2. The summed E-state index contributed by atoms with van der Waals surface area (Å²) in [6.07, 6.45) is 2.96. The molecular weight excluding hydrogens is 375 g/mol. The Bertz CT molecular complexity index is 1000. The van der Waals surface area contributed by atoms with Gasteiger partial charge in [-0.05, 0) is 30.3 Å². The Kier molecular flexibility index (Phi) is 5.55. The number of hydrazone groups is 1. The summed E-state index contributed by atoms with van der Waals surface area (Å²) >= 11 is 12.2. The van der Waals surface area contributed by atoms with E-state index in [1.807, 2.05) is 18.2 Å². The maximum Gasteiger partial charge on any atom is 0.292 e. The molecule has 26 heavy (non-hydrogen) atoms. The minimum Gasteiger partial charge on any atom is -0.497 e. The van der Waals surface area contributed by atoms with Gasteiger partial charge in [0.05, 0.1) is 25.2 Å². The van der Waals surface area contributed by atoms with Crippen LogP contribution in [0, 0.1) is 0 Å². The molecule has 0 fully saturated rings. The lowest BCUT2D eigenvalue weighted by Gasteiger charge is -2.08. The summed E-state index contributed by atoms with van der Waals surface area (Å²) in [6.45, 7) is 0. The highest BCUT2D eigenvalue weighted by Gasteiger charge is 2.10. The van der Waals surface area contributed by atoms with Crippen molar-refractivity contribution in [1.29, 1.82) is 0 Å². The van der Waals surface area contributed by atoms with Crippen LogP contribution in [0.25, 0.3) is 5.69 Å². The van der Waals surface area contributed by atoms with Crippen LogP contribution in [-0.2, 0) is 0 Å². The first-order valence-corrected chi connectivity index (χ1v) is 8.31. The van der Waals surface area contributed by atoms with Crippen molar-refractivity contribution < 1.29 is 4.74 Å². The van der Waals surface area contributed by atoms with E-state index in [0.29, 0.717) is 22.1 Å². The van der Waals surface area contributed by atoms with Gasteiger partial charge in [-0.25, -0.2) is 0 Å². The standard InChI is InChI=1S/C18H14Cl2N4O2/c1-26-14-8-6-13(7-9-14)24-18(25)17(20)16(11-22-24)23-21-10-12-4-2-3-5-15(12)19/h2-11,23H,1H3/b21-10-. The topological polar surface area (TPSA) is 68.5 Å². The first kappa shape index (κ1) is 18.0. The number of nitrogens with zero attached hydrogens (tertiary/aromatic N) is 3. The van der Waals surface area contributed by atoms with Gasteiger partial charge < -0.3 is 4.74 Å². The fourth-order valence-electron chi connectivity index (χ4n) is 2.17. The second-order valence-corrected chi connectivity index (χ2v) is 5.96. The minimum atomic E-state index is -0.463. The third-order valence-electron chi connectivity index (χ3n) is 3.53. The Morgan fingerprint density at radius 2 is 1.88 bits per heavy atom. The van der Waals surface area contributed by atoms with Crippen LogP contribution in [0.4, 0.5) is 5.69 Å². The summed E-state index contributed by atoms with van der Waals surface area (Å²) in [4.78, 5) is 12.5. The number of hydrogen-bond acceptors (Lipinski definition) is 5. The monoisotopic (exact) mass is 388 g/mol. The Balaban J connectivity index is 1.83. The van der Waals surface area contributed by atoms with Crippen molar-refractivity contribution in [2.75, 3.05) is 12.5 Å². The third-order valence-corrected chi connectivity index (χ3v) is 4.24. The molecule has 8 heteroatoms. The largest absolute Gasteiger partial charge is 0.497 e. The van der Waals surface area contributed by atoms with Crippen molar-refractivity contribution >= 4 is 35.1 Å². The van der Waals surface area contributed by atoms with E-state index in [-0.39, 0.29) is 5.02 Å². The second kappa shape index (κ2) is 8.03. The van der Waals surface area contributed by atoms with Gasteiger partial charge in [0, 0.05) is 10.6 Å². The number of anilines is 1. The molecule has 0 radical (unpaired) electrons. The molecule has 0 saturated carbocycles. The van der Waals surface area contributed by atoms with E-state index in [9.17, 15) is 4.79 Å². The molecule has 0 aliphatic carbocycles. The van der Waals surface area contributed by atoms with Crippen molar-refractivity contribution in [1.82, 2.24) is 9.78 Å². The molecule has 6 nitrogen and oxygen atoms in total. The van der Waals surface area contributed by atoms with Gasteiger partial charge in [0.2, 0.25) is 0 Å². The maximum atomic E-state index is 12.5. The van der Waals surface area contributed by atoms with Crippen molar-refractivity contribution in [3.05, 3.63) is 80.7 Å². The Labute approximate surface area is 159 Å². The number of nitrogens with one attached hydrogen (secondary N) is 1. The van der Waals surface area contributed by atoms with E-state index < -0.39 is 5.56 Å². The highest BCUT2D eigenvalue weighted by molar-refractivity contribution is 6.33. The predicted molar refractivity (Wildman–Crippen MR) is 104 cm³/mol. The first-order valence-electron chi connectivity index (χ1n) is 7.56. The number of rotatable bonds is 5. The minimum absolute atomic E-state index is 0.0212. The summed E-state index contributed by atoms with van der Waals surface area (Å²) in [6, 6.07) is 14.1. The van der Waals surface area contributed by atoms with Gasteiger partial charge in [-0.15, -0.1) is 0 Å². The SMILES string of the molecule is COc1ccc(-n2ncc(N/N=C\c3ccccc3Cl)c(Cl)c2=O)cc1. The molecule has 0 aliphatic heterocycles. The molecule has 1 heterocycles. The van der Waals surface area contributed by atoms with Crippen LogP contribution >= 0.6 is 23.2 Å². The lowest BCUT2D eigenvalue weighted by atomic mass is 10.2. The van der Waals surface area contributed by atoms with Crippen LogP contribution in [0.1, 0.15) is 5.56 Å². The highest BCUT2D eigenvalue weighted by atomic mass is 35.5. The smallest absolute Gasteiger partial charge is 0.292 e. The molecule has 0 atom stereocenters. The van der Waals surface area contributed by atoms with Crippen molar-refractivity contribution in [3.8, 4) is 11.4 Å². The average molecular weight is 389 g/mol. The molecule has 3 rings (SSSR count). The molecule has 0 amide bonds. The van der Waals surface area contributed by atoms with Crippen LogP contribution in [0.2, 0.25) is 10.0 Å². The lowest BCUT2D eigenvalue weighted by molar-refractivity contribution is 0.414. The number of methoxy groups -OCH3 is 1. The van der Waals surface area contributed by atoms with E-state index in [1.165, 1.54) is 17.1 Å². The van der Waals surface area contributed by atoms with E-state index in [4.69, 9.17) is 27.9 Å². The highest BCUT2D eigenvalue weighted by Crippen LogP contribution is 2.18. The van der Waals surface area contributed by atoms with Crippen LogP contribution in [0.15, 0.2) is 64.6 Å². The average Bonchev–Trinajstić information content (AvgIpc) is 2.67. The first-order chi connectivity index (χ1) is 12.6. The zero-order chi connectivity index (χ0) is 18.5. The lowest BCUT2D eigenvalue weighted by Crippen LogP contribution is -2.22. The van der Waals surface area contributed by atoms with Crippen molar-refractivity contribution in [2.24, 2.45) is 5.10 Å². The summed E-state index contributed by atoms with van der Waals surface area (Å²) in [5, 5.41) is 8.72. The molecule has 1 N–H and O–H groups in total. The van der Waals surface area contributed by atoms with Crippen LogP contribution in [0.3, 0.4) is 0 Å². The van der Waals surface area contributed by atoms with E-state index in [0.717, 1.165) is 5.56 Å². The molecule has 0 spiro atoms. The number of hydrogen-bond donors (Lipinski definition) is 1.